The topological polar surface area (TPSA) is 116 Å². The van der Waals surface area contributed by atoms with Crippen LogP contribution in [-0.4, -0.2) is 63.7 Å². The molecule has 0 spiro atoms. The molecule has 1 aliphatic heterocycles. The Bertz CT molecular complexity index is 309. The molecule has 0 aromatic rings. The Morgan fingerprint density at radius 3 is 2.65 bits per heavy atom. The third-order valence-electron chi connectivity index (χ3n) is 3.36. The first kappa shape index (κ1) is 17.3. The van der Waals surface area contributed by atoms with Crippen LogP contribution < -0.4 is 0 Å². The van der Waals surface area contributed by atoms with Crippen molar-refractivity contribution < 1.29 is 34.7 Å². The van der Waals surface area contributed by atoms with Crippen molar-refractivity contribution in [2.75, 3.05) is 13.2 Å². The number of esters is 1. The van der Waals surface area contributed by atoms with Crippen LogP contribution in [0.4, 0.5) is 0 Å². The average molecular weight is 292 g/mol. The average Bonchev–Trinajstić information content (AvgIpc) is 2.44. The summed E-state index contributed by atoms with van der Waals surface area (Å²) in [6.45, 7) is 1.14. The normalized spacial score (nSPS) is 34.0. The van der Waals surface area contributed by atoms with E-state index in [1.54, 1.807) is 0 Å². The second kappa shape index (κ2) is 7.90. The van der Waals surface area contributed by atoms with Gasteiger partial charge in [0.25, 0.3) is 0 Å². The minimum Gasteiger partial charge on any atom is -0.460 e. The summed E-state index contributed by atoms with van der Waals surface area (Å²) in [6.07, 6.45) is -0.586. The molecule has 1 aliphatic rings. The van der Waals surface area contributed by atoms with Crippen molar-refractivity contribution in [1.82, 2.24) is 0 Å². The predicted molar refractivity (Wildman–Crippen MR) is 68.6 cm³/mol. The van der Waals surface area contributed by atoms with Crippen LogP contribution in [0.2, 0.25) is 0 Å². The van der Waals surface area contributed by atoms with Crippen molar-refractivity contribution in [2.24, 2.45) is 0 Å². The molecule has 1 fully saturated rings. The van der Waals surface area contributed by atoms with Crippen LogP contribution in [0.1, 0.15) is 39.0 Å². The molecule has 7 heteroatoms. The molecule has 1 saturated heterocycles. The van der Waals surface area contributed by atoms with Gasteiger partial charge in [0.15, 0.2) is 0 Å². The molecule has 0 radical (unpaired) electrons. The molecule has 0 amide bonds. The zero-order valence-electron chi connectivity index (χ0n) is 11.7. The fourth-order valence-electron chi connectivity index (χ4n) is 1.97. The Labute approximate surface area is 118 Å². The van der Waals surface area contributed by atoms with Gasteiger partial charge in [-0.1, -0.05) is 26.2 Å². The van der Waals surface area contributed by atoms with Crippen LogP contribution in [0.15, 0.2) is 0 Å². The minimum atomic E-state index is -2.18. The van der Waals surface area contributed by atoms with Crippen LogP contribution in [0, 0.1) is 0 Å². The van der Waals surface area contributed by atoms with Gasteiger partial charge in [-0.05, 0) is 6.42 Å². The summed E-state index contributed by atoms with van der Waals surface area (Å²) >= 11 is 0. The fourth-order valence-corrected chi connectivity index (χ4v) is 1.97. The van der Waals surface area contributed by atoms with Gasteiger partial charge >= 0.3 is 5.97 Å². The largest absolute Gasteiger partial charge is 0.460 e. The van der Waals surface area contributed by atoms with Crippen LogP contribution >= 0.6 is 0 Å². The van der Waals surface area contributed by atoms with Crippen molar-refractivity contribution in [3.8, 4) is 0 Å². The molecule has 4 N–H and O–H groups in total. The Morgan fingerprint density at radius 1 is 1.30 bits per heavy atom. The third kappa shape index (κ3) is 4.68. The lowest BCUT2D eigenvalue weighted by molar-refractivity contribution is -0.332. The van der Waals surface area contributed by atoms with Crippen LogP contribution in [0.3, 0.4) is 0 Å². The number of hydrogen-bond donors (Lipinski definition) is 4. The van der Waals surface area contributed by atoms with E-state index >= 15 is 0 Å². The molecule has 0 bridgehead atoms. The van der Waals surface area contributed by atoms with E-state index in [2.05, 4.69) is 6.92 Å². The van der Waals surface area contributed by atoms with Crippen molar-refractivity contribution in [1.29, 1.82) is 0 Å². The minimum absolute atomic E-state index is 0.233. The standard InChI is InChI=1S/C13H24O7/c1-2-3-4-5-6-10(15)19-8-13(18)12(17)11(16)9(14)7-20-13/h9,11-12,14,16-18H,2-8H2,1H3/t9-,11-,12+,13-/m1/s1. The zero-order chi connectivity index (χ0) is 15.2. The number of aliphatic hydroxyl groups excluding tert-OH is 3. The van der Waals surface area contributed by atoms with Gasteiger partial charge in [0.05, 0.1) is 6.61 Å². The monoisotopic (exact) mass is 292 g/mol. The Kier molecular flexibility index (Phi) is 6.84. The highest BCUT2D eigenvalue weighted by Gasteiger charge is 2.49. The molecule has 0 saturated carbocycles. The van der Waals surface area contributed by atoms with E-state index in [0.717, 1.165) is 19.3 Å². The van der Waals surface area contributed by atoms with E-state index in [-0.39, 0.29) is 13.0 Å². The smallest absolute Gasteiger partial charge is 0.305 e. The molecule has 0 aromatic heterocycles. The van der Waals surface area contributed by atoms with E-state index in [9.17, 15) is 25.2 Å². The van der Waals surface area contributed by atoms with Gasteiger partial charge < -0.3 is 29.9 Å². The number of ether oxygens (including phenoxy) is 2. The highest BCUT2D eigenvalue weighted by Crippen LogP contribution is 2.24. The van der Waals surface area contributed by atoms with Gasteiger partial charge in [0.1, 0.15) is 24.9 Å². The van der Waals surface area contributed by atoms with Crippen molar-refractivity contribution in [3.05, 3.63) is 0 Å². The van der Waals surface area contributed by atoms with Gasteiger partial charge in [0, 0.05) is 6.42 Å². The summed E-state index contributed by atoms with van der Waals surface area (Å²) < 4.78 is 9.72. The van der Waals surface area contributed by atoms with Gasteiger partial charge in [-0.15, -0.1) is 0 Å². The molecule has 7 nitrogen and oxygen atoms in total. The highest BCUT2D eigenvalue weighted by atomic mass is 16.7. The fraction of sp³-hybridized carbons (Fsp3) is 0.923. The molecule has 0 aromatic carbocycles. The van der Waals surface area contributed by atoms with Gasteiger partial charge in [-0.2, -0.15) is 0 Å². The number of rotatable bonds is 7. The van der Waals surface area contributed by atoms with E-state index in [0.29, 0.717) is 6.42 Å². The summed E-state index contributed by atoms with van der Waals surface area (Å²) in [7, 11) is 0. The molecule has 118 valence electrons. The summed E-state index contributed by atoms with van der Waals surface area (Å²) in [5.41, 5.74) is 0. The maximum atomic E-state index is 11.5. The summed E-state index contributed by atoms with van der Waals surface area (Å²) in [5.74, 6) is -2.68. The molecule has 1 rings (SSSR count). The van der Waals surface area contributed by atoms with Gasteiger partial charge in [-0.25, -0.2) is 0 Å². The number of unbranched alkanes of at least 4 members (excludes halogenated alkanes) is 3. The Balaban J connectivity index is 2.34. The molecule has 4 atom stereocenters. The SMILES string of the molecule is CCCCCCC(=O)OC[C@@]1(O)OC[C@@H](O)[C@@H](O)[C@@H]1O. The summed E-state index contributed by atoms with van der Waals surface area (Å²) in [5, 5.41) is 38.4. The lowest BCUT2D eigenvalue weighted by Crippen LogP contribution is -2.63. The summed E-state index contributed by atoms with van der Waals surface area (Å²) in [6, 6.07) is 0. The predicted octanol–water partition coefficient (Wildman–Crippen LogP) is -0.699. The maximum absolute atomic E-state index is 11.5. The molecule has 0 aliphatic carbocycles. The Morgan fingerprint density at radius 2 is 2.00 bits per heavy atom. The van der Waals surface area contributed by atoms with Crippen molar-refractivity contribution >= 4 is 5.97 Å². The molecule has 20 heavy (non-hydrogen) atoms. The van der Waals surface area contributed by atoms with E-state index in [1.165, 1.54) is 0 Å². The highest BCUT2D eigenvalue weighted by molar-refractivity contribution is 5.69. The van der Waals surface area contributed by atoms with Crippen molar-refractivity contribution in [2.45, 2.75) is 63.1 Å². The second-order valence-corrected chi connectivity index (χ2v) is 5.13. The molecule has 1 heterocycles. The van der Waals surface area contributed by atoms with Crippen LogP contribution in [0.25, 0.3) is 0 Å². The maximum Gasteiger partial charge on any atom is 0.305 e. The third-order valence-corrected chi connectivity index (χ3v) is 3.36. The number of aliphatic hydroxyl groups is 4. The molecular weight excluding hydrogens is 268 g/mol. The van der Waals surface area contributed by atoms with E-state index in [4.69, 9.17) is 9.47 Å². The lowest BCUT2D eigenvalue weighted by atomic mass is 9.97. The molecule has 0 unspecified atom stereocenters. The number of carbonyl (C=O) groups is 1. The number of hydrogen-bond acceptors (Lipinski definition) is 7. The van der Waals surface area contributed by atoms with Gasteiger partial charge in [-0.3, -0.25) is 4.79 Å². The van der Waals surface area contributed by atoms with E-state index < -0.39 is 36.7 Å². The Hall–Kier alpha value is -0.730. The second-order valence-electron chi connectivity index (χ2n) is 5.13. The number of carbonyl (C=O) groups excluding carboxylic acids is 1. The zero-order valence-corrected chi connectivity index (χ0v) is 11.7. The van der Waals surface area contributed by atoms with Crippen molar-refractivity contribution in [3.63, 3.8) is 0 Å². The lowest BCUT2D eigenvalue weighted by Gasteiger charge is -2.40. The van der Waals surface area contributed by atoms with Crippen LogP contribution in [-0.2, 0) is 14.3 Å². The van der Waals surface area contributed by atoms with E-state index in [1.807, 2.05) is 0 Å². The first-order chi connectivity index (χ1) is 9.40. The van der Waals surface area contributed by atoms with Gasteiger partial charge in [0.2, 0.25) is 5.79 Å². The molecular formula is C13H24O7. The quantitative estimate of drug-likeness (QED) is 0.362. The first-order valence-electron chi connectivity index (χ1n) is 6.97. The first-order valence-corrected chi connectivity index (χ1v) is 6.97. The van der Waals surface area contributed by atoms with Crippen LogP contribution in [0.5, 0.6) is 0 Å². The summed E-state index contributed by atoms with van der Waals surface area (Å²) in [4.78, 5) is 11.5.